The van der Waals surface area contributed by atoms with Gasteiger partial charge < -0.3 is 20.9 Å². The predicted molar refractivity (Wildman–Crippen MR) is 123 cm³/mol. The molecule has 0 radical (unpaired) electrons. The summed E-state index contributed by atoms with van der Waals surface area (Å²) in [6.45, 7) is 6.56. The van der Waals surface area contributed by atoms with Crippen LogP contribution in [-0.4, -0.2) is 40.9 Å². The second kappa shape index (κ2) is 8.65. The largest absolute Gasteiger partial charge is 0.362 e. The fraction of sp³-hybridized carbons (Fsp3) is 0.400. The summed E-state index contributed by atoms with van der Waals surface area (Å²) in [5.41, 5.74) is 3.95. The van der Waals surface area contributed by atoms with Crippen LogP contribution in [0.15, 0.2) is 42.5 Å². The number of hydrogen-bond acceptors (Lipinski definition) is 4. The molecule has 1 spiro atoms. The molecule has 32 heavy (non-hydrogen) atoms. The van der Waals surface area contributed by atoms with Crippen LogP contribution in [0, 0.1) is 13.8 Å². The second-order valence-corrected chi connectivity index (χ2v) is 8.93. The third kappa shape index (κ3) is 4.47. The van der Waals surface area contributed by atoms with Gasteiger partial charge in [0, 0.05) is 31.6 Å². The average Bonchev–Trinajstić information content (AvgIpc) is 2.91. The number of anilines is 1. The molecule has 0 aromatic heterocycles. The van der Waals surface area contributed by atoms with Gasteiger partial charge in [0.15, 0.2) is 0 Å². The number of carbonyl (C=O) groups excluding carboxylic acids is 3. The summed E-state index contributed by atoms with van der Waals surface area (Å²) in [5, 5.41) is 9.49. The van der Waals surface area contributed by atoms with E-state index in [1.165, 1.54) is 5.56 Å². The first-order chi connectivity index (χ1) is 15.3. The van der Waals surface area contributed by atoms with Crippen LogP contribution >= 0.6 is 0 Å². The highest BCUT2D eigenvalue weighted by atomic mass is 16.2. The summed E-state index contributed by atoms with van der Waals surface area (Å²) in [6.07, 6.45) is 1.25. The van der Waals surface area contributed by atoms with E-state index in [2.05, 4.69) is 16.0 Å². The lowest BCUT2D eigenvalue weighted by Crippen LogP contribution is -2.58. The van der Waals surface area contributed by atoms with E-state index in [-0.39, 0.29) is 24.1 Å². The number of amides is 3. The van der Waals surface area contributed by atoms with Crippen LogP contribution in [-0.2, 0) is 16.1 Å². The Bertz CT molecular complexity index is 1050. The Morgan fingerprint density at radius 1 is 1.06 bits per heavy atom. The zero-order chi connectivity index (χ0) is 22.9. The topological polar surface area (TPSA) is 90.5 Å². The number of nitrogens with one attached hydrogen (secondary N) is 3. The minimum atomic E-state index is -0.694. The number of aryl methyl sites for hydroxylation is 2. The summed E-state index contributed by atoms with van der Waals surface area (Å²) in [4.78, 5) is 40.0. The number of carbonyl (C=O) groups is 3. The molecule has 2 heterocycles. The van der Waals surface area contributed by atoms with Crippen molar-refractivity contribution in [2.75, 3.05) is 11.9 Å². The van der Waals surface area contributed by atoms with Crippen LogP contribution in [0.2, 0.25) is 0 Å². The Morgan fingerprint density at radius 2 is 1.78 bits per heavy atom. The lowest BCUT2D eigenvalue weighted by molar-refractivity contribution is -0.139. The van der Waals surface area contributed by atoms with Gasteiger partial charge in [-0.3, -0.25) is 14.4 Å². The highest BCUT2D eigenvalue weighted by Crippen LogP contribution is 2.32. The number of nitrogens with zero attached hydrogens (tertiary/aromatic N) is 1. The van der Waals surface area contributed by atoms with Gasteiger partial charge in [-0.1, -0.05) is 35.9 Å². The first-order valence-electron chi connectivity index (χ1n) is 11.1. The summed E-state index contributed by atoms with van der Waals surface area (Å²) in [6, 6.07) is 13.1. The molecule has 1 saturated heterocycles. The van der Waals surface area contributed by atoms with E-state index in [9.17, 15) is 14.4 Å². The van der Waals surface area contributed by atoms with E-state index in [1.807, 2.05) is 56.3 Å². The molecule has 2 aromatic carbocycles. The molecule has 168 valence electrons. The van der Waals surface area contributed by atoms with Crippen molar-refractivity contribution in [3.8, 4) is 0 Å². The fourth-order valence-electron chi connectivity index (χ4n) is 4.40. The molecular weight excluding hydrogens is 404 g/mol. The standard InChI is InChI=1S/C25H30N4O3/c1-16-4-7-19(8-5-16)15-26-23(31)18(3)29-13-12-25(11-10-22(29)30)27-21-14-17(2)6-9-20(21)24(32)28-25/h4-9,14,18,27H,10-13,15H2,1-3H3,(H,26,31)(H,28,32)/t18-,25-/m0/s1. The van der Waals surface area contributed by atoms with Gasteiger partial charge in [-0.2, -0.15) is 0 Å². The van der Waals surface area contributed by atoms with Crippen LogP contribution in [0.3, 0.4) is 0 Å². The van der Waals surface area contributed by atoms with E-state index in [1.54, 1.807) is 11.8 Å². The highest BCUT2D eigenvalue weighted by molar-refractivity contribution is 6.02. The number of likely N-dealkylation sites (tertiary alicyclic amines) is 1. The quantitative estimate of drug-likeness (QED) is 0.690. The van der Waals surface area contributed by atoms with Crippen molar-refractivity contribution in [3.63, 3.8) is 0 Å². The van der Waals surface area contributed by atoms with Crippen LogP contribution in [0.4, 0.5) is 5.69 Å². The van der Waals surface area contributed by atoms with Gasteiger partial charge in [0.2, 0.25) is 11.8 Å². The van der Waals surface area contributed by atoms with Crippen molar-refractivity contribution < 1.29 is 14.4 Å². The minimum absolute atomic E-state index is 0.0778. The Hall–Kier alpha value is -3.35. The zero-order valence-electron chi connectivity index (χ0n) is 18.8. The van der Waals surface area contributed by atoms with Crippen LogP contribution in [0.25, 0.3) is 0 Å². The molecule has 0 aliphatic carbocycles. The van der Waals surface area contributed by atoms with E-state index < -0.39 is 11.7 Å². The van der Waals surface area contributed by atoms with Crippen molar-refractivity contribution in [1.82, 2.24) is 15.5 Å². The van der Waals surface area contributed by atoms with Crippen LogP contribution in [0.1, 0.15) is 53.2 Å². The van der Waals surface area contributed by atoms with Crippen molar-refractivity contribution in [2.45, 2.75) is 58.3 Å². The SMILES string of the molecule is Cc1ccc(CNC(=O)[C@H](C)N2CC[C@]3(CCC2=O)NC(=O)c2ccc(C)cc2N3)cc1. The van der Waals surface area contributed by atoms with Crippen molar-refractivity contribution in [3.05, 3.63) is 64.7 Å². The maximum atomic E-state index is 12.9. The van der Waals surface area contributed by atoms with Gasteiger partial charge in [-0.25, -0.2) is 0 Å². The molecule has 2 aromatic rings. The number of rotatable bonds is 4. The molecule has 2 aliphatic rings. The van der Waals surface area contributed by atoms with Gasteiger partial charge in [-0.15, -0.1) is 0 Å². The third-order valence-corrected chi connectivity index (χ3v) is 6.45. The maximum absolute atomic E-state index is 12.9. The second-order valence-electron chi connectivity index (χ2n) is 8.93. The van der Waals surface area contributed by atoms with Crippen LogP contribution < -0.4 is 16.0 Å². The van der Waals surface area contributed by atoms with Gasteiger partial charge >= 0.3 is 0 Å². The van der Waals surface area contributed by atoms with E-state index >= 15 is 0 Å². The summed E-state index contributed by atoms with van der Waals surface area (Å²) >= 11 is 0. The molecule has 7 heteroatoms. The molecule has 7 nitrogen and oxygen atoms in total. The zero-order valence-corrected chi connectivity index (χ0v) is 18.8. The molecule has 4 rings (SSSR count). The molecule has 0 bridgehead atoms. The van der Waals surface area contributed by atoms with E-state index in [0.29, 0.717) is 31.5 Å². The van der Waals surface area contributed by atoms with Gasteiger partial charge in [0.05, 0.1) is 5.56 Å². The van der Waals surface area contributed by atoms with Crippen molar-refractivity contribution in [2.24, 2.45) is 0 Å². The smallest absolute Gasteiger partial charge is 0.255 e. The predicted octanol–water partition coefficient (Wildman–Crippen LogP) is 2.87. The highest BCUT2D eigenvalue weighted by Gasteiger charge is 2.41. The van der Waals surface area contributed by atoms with Gasteiger partial charge in [0.1, 0.15) is 11.7 Å². The molecule has 2 atom stereocenters. The Balaban J connectivity index is 1.42. The molecule has 3 amide bonds. The minimum Gasteiger partial charge on any atom is -0.362 e. The normalized spacial score (nSPS) is 21.3. The van der Waals surface area contributed by atoms with E-state index in [0.717, 1.165) is 16.8 Å². The third-order valence-electron chi connectivity index (χ3n) is 6.45. The first kappa shape index (κ1) is 21.9. The van der Waals surface area contributed by atoms with Crippen molar-refractivity contribution in [1.29, 1.82) is 0 Å². The van der Waals surface area contributed by atoms with Crippen LogP contribution in [0.5, 0.6) is 0 Å². The summed E-state index contributed by atoms with van der Waals surface area (Å²) < 4.78 is 0. The molecule has 1 fully saturated rings. The Kier molecular flexibility index (Phi) is 5.91. The Labute approximate surface area is 188 Å². The van der Waals surface area contributed by atoms with Gasteiger partial charge in [0.25, 0.3) is 5.91 Å². The molecular formula is C25H30N4O3. The van der Waals surface area contributed by atoms with Gasteiger partial charge in [-0.05, 0) is 50.5 Å². The number of fused-ring (bicyclic) bond motifs is 1. The molecule has 3 N–H and O–H groups in total. The van der Waals surface area contributed by atoms with Crippen molar-refractivity contribution >= 4 is 23.4 Å². The molecule has 0 saturated carbocycles. The summed E-state index contributed by atoms with van der Waals surface area (Å²) in [7, 11) is 0. The lowest BCUT2D eigenvalue weighted by atomic mass is 9.94. The lowest BCUT2D eigenvalue weighted by Gasteiger charge is -2.40. The average molecular weight is 435 g/mol. The monoisotopic (exact) mass is 434 g/mol. The maximum Gasteiger partial charge on any atom is 0.255 e. The molecule has 2 aliphatic heterocycles. The van der Waals surface area contributed by atoms with E-state index in [4.69, 9.17) is 0 Å². The summed E-state index contributed by atoms with van der Waals surface area (Å²) in [5.74, 6) is -0.397. The number of benzene rings is 2. The molecule has 0 unspecified atom stereocenters. The first-order valence-corrected chi connectivity index (χ1v) is 11.1. The Morgan fingerprint density at radius 3 is 2.53 bits per heavy atom. The number of hydrogen-bond donors (Lipinski definition) is 3. The fourth-order valence-corrected chi connectivity index (χ4v) is 4.40.